The summed E-state index contributed by atoms with van der Waals surface area (Å²) in [7, 11) is -3.21. The summed E-state index contributed by atoms with van der Waals surface area (Å²) >= 11 is 0. The Morgan fingerprint density at radius 2 is 1.80 bits per heavy atom. The number of hydrogen-bond acceptors (Lipinski definition) is 4. The van der Waals surface area contributed by atoms with Gasteiger partial charge in [-0.1, -0.05) is 19.8 Å². The fraction of sp³-hybridized carbons (Fsp3) is 1.00. The van der Waals surface area contributed by atoms with Crippen molar-refractivity contribution in [3.05, 3.63) is 0 Å². The van der Waals surface area contributed by atoms with E-state index in [1.165, 1.54) is 17.1 Å². The van der Waals surface area contributed by atoms with Crippen molar-refractivity contribution in [2.75, 3.05) is 25.4 Å². The molecule has 2 rings (SSSR count). The number of nitrogens with zero attached hydrogens (tertiary/aromatic N) is 1. The highest BCUT2D eigenvalue weighted by Gasteiger charge is 2.28. The minimum atomic E-state index is -3.21. The van der Waals surface area contributed by atoms with Crippen molar-refractivity contribution in [1.29, 1.82) is 0 Å². The zero-order valence-corrected chi connectivity index (χ0v) is 13.1. The smallest absolute Gasteiger partial charge is 0.214 e. The molecule has 2 fully saturated rings. The molecule has 0 aromatic carbocycles. The molecule has 1 saturated heterocycles. The molecule has 1 aliphatic carbocycles. The van der Waals surface area contributed by atoms with E-state index >= 15 is 0 Å². The van der Waals surface area contributed by atoms with E-state index in [2.05, 4.69) is 0 Å². The Morgan fingerprint density at radius 1 is 1.20 bits per heavy atom. The second-order valence-corrected chi connectivity index (χ2v) is 8.27. The van der Waals surface area contributed by atoms with E-state index in [-0.39, 0.29) is 17.8 Å². The van der Waals surface area contributed by atoms with Crippen molar-refractivity contribution in [3.8, 4) is 0 Å². The number of sulfonamides is 1. The molecular weight excluding hydrogens is 278 g/mol. The van der Waals surface area contributed by atoms with Crippen LogP contribution in [0.3, 0.4) is 0 Å². The zero-order valence-electron chi connectivity index (χ0n) is 12.3. The second-order valence-electron chi connectivity index (χ2n) is 6.25. The Bertz CT molecular complexity index is 384. The quantitative estimate of drug-likeness (QED) is 0.805. The molecule has 1 atom stereocenters. The van der Waals surface area contributed by atoms with Gasteiger partial charge in [-0.05, 0) is 31.6 Å². The van der Waals surface area contributed by atoms with E-state index in [0.29, 0.717) is 38.6 Å². The Morgan fingerprint density at radius 3 is 2.40 bits per heavy atom. The average molecular weight is 305 g/mol. The summed E-state index contributed by atoms with van der Waals surface area (Å²) in [6.07, 6.45) is 5.78. The highest BCUT2D eigenvalue weighted by molar-refractivity contribution is 7.89. The first kappa shape index (κ1) is 16.2. The molecule has 0 amide bonds. The van der Waals surface area contributed by atoms with Gasteiger partial charge in [0.15, 0.2) is 0 Å². The largest absolute Gasteiger partial charge is 0.393 e. The molecule has 1 saturated carbocycles. The maximum Gasteiger partial charge on any atom is 0.214 e. The number of ether oxygens (including phenoxy) is 1. The summed E-state index contributed by atoms with van der Waals surface area (Å²) < 4.78 is 31.9. The van der Waals surface area contributed by atoms with Crippen LogP contribution in [0.5, 0.6) is 0 Å². The normalized spacial score (nSPS) is 25.1. The van der Waals surface area contributed by atoms with Gasteiger partial charge in [0.1, 0.15) is 0 Å². The third-order valence-electron chi connectivity index (χ3n) is 4.23. The van der Waals surface area contributed by atoms with E-state index in [0.717, 1.165) is 12.8 Å². The van der Waals surface area contributed by atoms with Crippen molar-refractivity contribution in [3.63, 3.8) is 0 Å². The average Bonchev–Trinajstić information content (AvgIpc) is 2.89. The predicted molar refractivity (Wildman–Crippen MR) is 78.0 cm³/mol. The third-order valence-corrected chi connectivity index (χ3v) is 6.37. The monoisotopic (exact) mass is 305 g/mol. The number of rotatable bonds is 6. The van der Waals surface area contributed by atoms with Crippen LogP contribution in [0.15, 0.2) is 0 Å². The van der Waals surface area contributed by atoms with Crippen molar-refractivity contribution in [2.24, 2.45) is 5.92 Å². The SMILES string of the molecule is C[C@H](COC1CCCC1)CS(=O)(=O)N1CCC(O)CC1. The van der Waals surface area contributed by atoms with Crippen LogP contribution in [0.2, 0.25) is 0 Å². The van der Waals surface area contributed by atoms with E-state index in [1.807, 2.05) is 6.92 Å². The molecule has 118 valence electrons. The van der Waals surface area contributed by atoms with Gasteiger partial charge in [-0.3, -0.25) is 0 Å². The Balaban J connectivity index is 1.75. The summed E-state index contributed by atoms with van der Waals surface area (Å²) in [5.41, 5.74) is 0. The molecule has 20 heavy (non-hydrogen) atoms. The lowest BCUT2D eigenvalue weighted by Crippen LogP contribution is -2.42. The lowest BCUT2D eigenvalue weighted by molar-refractivity contribution is 0.0409. The van der Waals surface area contributed by atoms with E-state index in [1.54, 1.807) is 0 Å². The zero-order chi connectivity index (χ0) is 14.6. The Hall–Kier alpha value is -0.170. The topological polar surface area (TPSA) is 66.8 Å². The van der Waals surface area contributed by atoms with E-state index in [9.17, 15) is 13.5 Å². The second kappa shape index (κ2) is 7.20. The van der Waals surface area contributed by atoms with Crippen LogP contribution in [0.25, 0.3) is 0 Å². The van der Waals surface area contributed by atoms with Crippen molar-refractivity contribution in [1.82, 2.24) is 4.31 Å². The number of aliphatic hydroxyl groups is 1. The van der Waals surface area contributed by atoms with Crippen LogP contribution >= 0.6 is 0 Å². The molecule has 6 heteroatoms. The lowest BCUT2D eigenvalue weighted by Gasteiger charge is -2.29. The molecule has 0 spiro atoms. The maximum absolute atomic E-state index is 12.3. The highest BCUT2D eigenvalue weighted by atomic mass is 32.2. The van der Waals surface area contributed by atoms with Crippen LogP contribution in [0.1, 0.15) is 45.4 Å². The maximum atomic E-state index is 12.3. The van der Waals surface area contributed by atoms with Gasteiger partial charge in [0.25, 0.3) is 0 Å². The molecule has 1 aliphatic heterocycles. The van der Waals surface area contributed by atoms with Gasteiger partial charge in [0.2, 0.25) is 10.0 Å². The van der Waals surface area contributed by atoms with Crippen LogP contribution in [-0.2, 0) is 14.8 Å². The third kappa shape index (κ3) is 4.69. The minimum absolute atomic E-state index is 0.0208. The molecule has 0 unspecified atom stereocenters. The van der Waals surface area contributed by atoms with Gasteiger partial charge in [-0.15, -0.1) is 0 Å². The molecule has 0 bridgehead atoms. The van der Waals surface area contributed by atoms with Crippen molar-refractivity contribution in [2.45, 2.75) is 57.7 Å². The molecule has 0 radical (unpaired) electrons. The molecule has 2 aliphatic rings. The van der Waals surface area contributed by atoms with Crippen LogP contribution in [0, 0.1) is 5.92 Å². The van der Waals surface area contributed by atoms with Crippen molar-refractivity contribution < 1.29 is 18.3 Å². The Kier molecular flexibility index (Phi) is 5.84. The number of hydrogen-bond donors (Lipinski definition) is 1. The Labute approximate surface area is 122 Å². The van der Waals surface area contributed by atoms with Gasteiger partial charge in [0, 0.05) is 13.1 Å². The first-order chi connectivity index (χ1) is 9.47. The first-order valence-electron chi connectivity index (χ1n) is 7.75. The van der Waals surface area contributed by atoms with Crippen LogP contribution in [0.4, 0.5) is 0 Å². The van der Waals surface area contributed by atoms with Gasteiger partial charge in [0.05, 0.1) is 24.6 Å². The predicted octanol–water partition coefficient (Wildman–Crippen LogP) is 1.37. The standard InChI is InChI=1S/C14H27NO4S/c1-12(10-19-14-4-2-3-5-14)11-20(17,18)15-8-6-13(16)7-9-15/h12-14,16H,2-11H2,1H3/t12-/m1/s1. The molecule has 0 aromatic rings. The minimum Gasteiger partial charge on any atom is -0.393 e. The van der Waals surface area contributed by atoms with Gasteiger partial charge >= 0.3 is 0 Å². The number of aliphatic hydroxyl groups excluding tert-OH is 1. The van der Waals surface area contributed by atoms with E-state index < -0.39 is 10.0 Å². The molecule has 0 aromatic heterocycles. The van der Waals surface area contributed by atoms with Crippen LogP contribution < -0.4 is 0 Å². The summed E-state index contributed by atoms with van der Waals surface area (Å²) in [6, 6.07) is 0. The summed E-state index contributed by atoms with van der Waals surface area (Å²) in [5, 5.41) is 9.44. The first-order valence-corrected chi connectivity index (χ1v) is 9.36. The van der Waals surface area contributed by atoms with Crippen LogP contribution in [-0.4, -0.2) is 55.5 Å². The van der Waals surface area contributed by atoms with Gasteiger partial charge in [-0.2, -0.15) is 0 Å². The molecule has 5 nitrogen and oxygen atoms in total. The van der Waals surface area contributed by atoms with E-state index in [4.69, 9.17) is 4.74 Å². The molecular formula is C14H27NO4S. The van der Waals surface area contributed by atoms with Crippen molar-refractivity contribution >= 4 is 10.0 Å². The molecule has 1 heterocycles. The molecule has 1 N–H and O–H groups in total. The number of piperidine rings is 1. The summed E-state index contributed by atoms with van der Waals surface area (Å²) in [4.78, 5) is 0. The fourth-order valence-corrected chi connectivity index (χ4v) is 4.78. The van der Waals surface area contributed by atoms with Gasteiger partial charge < -0.3 is 9.84 Å². The summed E-state index contributed by atoms with van der Waals surface area (Å²) in [5.74, 6) is 0.169. The van der Waals surface area contributed by atoms with Gasteiger partial charge in [-0.25, -0.2) is 12.7 Å². The highest BCUT2D eigenvalue weighted by Crippen LogP contribution is 2.22. The summed E-state index contributed by atoms with van der Waals surface area (Å²) in [6.45, 7) is 3.35. The lowest BCUT2D eigenvalue weighted by atomic mass is 10.1. The fourth-order valence-electron chi connectivity index (χ4n) is 2.99.